The summed E-state index contributed by atoms with van der Waals surface area (Å²) in [4.78, 5) is 25.4. The minimum atomic E-state index is -0.652. The zero-order valence-electron chi connectivity index (χ0n) is 14.1. The maximum absolute atomic E-state index is 13.2. The molecular weight excluding hydrogens is 332 g/mol. The van der Waals surface area contributed by atoms with Gasteiger partial charge in [-0.05, 0) is 24.6 Å². The first kappa shape index (κ1) is 16.0. The SMILES string of the molecule is CCOC(=O)c1nnn2c1c(=O)n(Cc1ccccc1)c1ccccc12. The van der Waals surface area contributed by atoms with Crippen LogP contribution in [0.2, 0.25) is 0 Å². The maximum atomic E-state index is 13.2. The fourth-order valence-corrected chi connectivity index (χ4v) is 3.01. The normalized spacial score (nSPS) is 11.1. The molecule has 0 atom stereocenters. The molecule has 2 heterocycles. The first-order valence-corrected chi connectivity index (χ1v) is 8.28. The Morgan fingerprint density at radius 1 is 1.04 bits per heavy atom. The van der Waals surface area contributed by atoms with Crippen LogP contribution in [0.5, 0.6) is 0 Å². The average molecular weight is 348 g/mol. The molecule has 130 valence electrons. The van der Waals surface area contributed by atoms with Gasteiger partial charge in [-0.3, -0.25) is 4.79 Å². The Balaban J connectivity index is 2.02. The summed E-state index contributed by atoms with van der Waals surface area (Å²) in [5, 5.41) is 7.91. The van der Waals surface area contributed by atoms with Crippen molar-refractivity contribution in [1.82, 2.24) is 19.4 Å². The van der Waals surface area contributed by atoms with Crippen LogP contribution in [-0.4, -0.2) is 32.0 Å². The highest BCUT2D eigenvalue weighted by Gasteiger charge is 2.22. The number of esters is 1. The van der Waals surface area contributed by atoms with Gasteiger partial charge in [0.05, 0.1) is 24.2 Å². The molecule has 0 fully saturated rings. The number of nitrogens with zero attached hydrogens (tertiary/aromatic N) is 4. The van der Waals surface area contributed by atoms with Crippen LogP contribution in [0.25, 0.3) is 16.6 Å². The third-order valence-corrected chi connectivity index (χ3v) is 4.17. The topological polar surface area (TPSA) is 78.5 Å². The van der Waals surface area contributed by atoms with Gasteiger partial charge >= 0.3 is 5.97 Å². The number of ether oxygens (including phenoxy) is 1. The summed E-state index contributed by atoms with van der Waals surface area (Å²) in [5.74, 6) is -0.652. The van der Waals surface area contributed by atoms with Crippen molar-refractivity contribution in [1.29, 1.82) is 0 Å². The number of rotatable bonds is 4. The van der Waals surface area contributed by atoms with Crippen molar-refractivity contribution in [3.63, 3.8) is 0 Å². The van der Waals surface area contributed by atoms with Crippen molar-refractivity contribution < 1.29 is 9.53 Å². The Kier molecular flexibility index (Phi) is 3.96. The quantitative estimate of drug-likeness (QED) is 0.529. The van der Waals surface area contributed by atoms with E-state index in [1.165, 1.54) is 4.52 Å². The molecule has 2 aromatic carbocycles. The van der Waals surface area contributed by atoms with Crippen LogP contribution in [0.3, 0.4) is 0 Å². The third kappa shape index (κ3) is 2.54. The molecule has 0 radical (unpaired) electrons. The first-order valence-electron chi connectivity index (χ1n) is 8.28. The van der Waals surface area contributed by atoms with Crippen LogP contribution in [0.1, 0.15) is 23.0 Å². The van der Waals surface area contributed by atoms with E-state index in [0.29, 0.717) is 17.6 Å². The molecule has 4 rings (SSSR count). The van der Waals surface area contributed by atoms with E-state index in [4.69, 9.17) is 4.74 Å². The molecule has 0 spiro atoms. The highest BCUT2D eigenvalue weighted by molar-refractivity contribution is 5.95. The van der Waals surface area contributed by atoms with E-state index in [1.807, 2.05) is 54.6 Å². The molecule has 0 saturated heterocycles. The Bertz CT molecular complexity index is 1160. The second-order valence-corrected chi connectivity index (χ2v) is 5.78. The van der Waals surface area contributed by atoms with Crippen LogP contribution in [0.4, 0.5) is 0 Å². The van der Waals surface area contributed by atoms with E-state index in [-0.39, 0.29) is 23.4 Å². The van der Waals surface area contributed by atoms with E-state index in [2.05, 4.69) is 10.3 Å². The van der Waals surface area contributed by atoms with Gasteiger partial charge < -0.3 is 9.30 Å². The summed E-state index contributed by atoms with van der Waals surface area (Å²) < 4.78 is 8.06. The van der Waals surface area contributed by atoms with E-state index in [9.17, 15) is 9.59 Å². The smallest absolute Gasteiger partial charge is 0.361 e. The predicted octanol–water partition coefficient (Wildman–Crippen LogP) is 2.27. The maximum Gasteiger partial charge on any atom is 0.361 e. The van der Waals surface area contributed by atoms with Gasteiger partial charge in [-0.25, -0.2) is 9.31 Å². The van der Waals surface area contributed by atoms with Gasteiger partial charge in [-0.1, -0.05) is 47.7 Å². The van der Waals surface area contributed by atoms with E-state index >= 15 is 0 Å². The van der Waals surface area contributed by atoms with Gasteiger partial charge in [0.2, 0.25) is 5.69 Å². The lowest BCUT2D eigenvalue weighted by molar-refractivity contribution is 0.0521. The van der Waals surface area contributed by atoms with Crippen LogP contribution >= 0.6 is 0 Å². The van der Waals surface area contributed by atoms with Gasteiger partial charge in [0.1, 0.15) is 0 Å². The van der Waals surface area contributed by atoms with E-state index in [0.717, 1.165) is 5.56 Å². The Labute approximate surface area is 148 Å². The number of fused-ring (bicyclic) bond motifs is 3. The molecule has 0 amide bonds. The number of hydrogen-bond donors (Lipinski definition) is 0. The standard InChI is InChI=1S/C19H16N4O3/c1-2-26-19(25)16-17-18(24)22(12-13-8-4-3-5-9-13)14-10-6-7-11-15(14)23(17)21-20-16/h3-11H,2,12H2,1H3. The van der Waals surface area contributed by atoms with Crippen LogP contribution in [-0.2, 0) is 11.3 Å². The number of para-hydroxylation sites is 2. The van der Waals surface area contributed by atoms with Crippen molar-refractivity contribution >= 4 is 22.5 Å². The summed E-state index contributed by atoms with van der Waals surface area (Å²) >= 11 is 0. The molecule has 4 aromatic rings. The highest BCUT2D eigenvalue weighted by atomic mass is 16.5. The van der Waals surface area contributed by atoms with Crippen LogP contribution in [0, 0.1) is 0 Å². The lowest BCUT2D eigenvalue weighted by atomic mass is 10.2. The summed E-state index contributed by atoms with van der Waals surface area (Å²) in [6.07, 6.45) is 0. The second-order valence-electron chi connectivity index (χ2n) is 5.78. The third-order valence-electron chi connectivity index (χ3n) is 4.17. The number of carbonyl (C=O) groups excluding carboxylic acids is 1. The summed E-state index contributed by atoms with van der Waals surface area (Å²) in [5.41, 5.74) is 2.12. The number of hydrogen-bond acceptors (Lipinski definition) is 5. The van der Waals surface area contributed by atoms with E-state index in [1.54, 1.807) is 11.5 Å². The van der Waals surface area contributed by atoms with Gasteiger partial charge in [-0.15, -0.1) is 5.10 Å². The molecule has 0 aliphatic rings. The van der Waals surface area contributed by atoms with Gasteiger partial charge in [0.15, 0.2) is 5.52 Å². The molecule has 0 unspecified atom stereocenters. The Morgan fingerprint density at radius 3 is 2.46 bits per heavy atom. The molecule has 0 bridgehead atoms. The van der Waals surface area contributed by atoms with Gasteiger partial charge in [0.25, 0.3) is 5.56 Å². The van der Waals surface area contributed by atoms with Crippen molar-refractivity contribution in [2.45, 2.75) is 13.5 Å². The van der Waals surface area contributed by atoms with Gasteiger partial charge in [-0.2, -0.15) is 0 Å². The highest BCUT2D eigenvalue weighted by Crippen LogP contribution is 2.17. The van der Waals surface area contributed by atoms with Crippen molar-refractivity contribution in [3.8, 4) is 0 Å². The number of aromatic nitrogens is 4. The number of carbonyl (C=O) groups is 1. The molecule has 7 heteroatoms. The molecule has 7 nitrogen and oxygen atoms in total. The summed E-state index contributed by atoms with van der Waals surface area (Å²) in [6.45, 7) is 2.28. The molecule has 0 aliphatic heterocycles. The zero-order valence-corrected chi connectivity index (χ0v) is 14.1. The van der Waals surface area contributed by atoms with Crippen molar-refractivity contribution in [2.75, 3.05) is 6.61 Å². The van der Waals surface area contributed by atoms with E-state index < -0.39 is 5.97 Å². The molecule has 2 aromatic heterocycles. The lowest BCUT2D eigenvalue weighted by Gasteiger charge is -2.12. The predicted molar refractivity (Wildman–Crippen MR) is 96.3 cm³/mol. The largest absolute Gasteiger partial charge is 0.461 e. The lowest BCUT2D eigenvalue weighted by Crippen LogP contribution is -2.25. The molecule has 0 aliphatic carbocycles. The summed E-state index contributed by atoms with van der Waals surface area (Å²) in [6, 6.07) is 17.1. The second kappa shape index (κ2) is 6.44. The zero-order chi connectivity index (χ0) is 18.1. The molecule has 26 heavy (non-hydrogen) atoms. The first-order chi connectivity index (χ1) is 12.7. The van der Waals surface area contributed by atoms with Crippen molar-refractivity contribution in [2.24, 2.45) is 0 Å². The summed E-state index contributed by atoms with van der Waals surface area (Å²) in [7, 11) is 0. The fraction of sp³-hybridized carbons (Fsp3) is 0.158. The molecular formula is C19H16N4O3. The molecule has 0 N–H and O–H groups in total. The van der Waals surface area contributed by atoms with Crippen LogP contribution in [0.15, 0.2) is 59.4 Å². The minimum absolute atomic E-state index is 0.0654. The van der Waals surface area contributed by atoms with Crippen molar-refractivity contribution in [3.05, 3.63) is 76.2 Å². The average Bonchev–Trinajstić information content (AvgIpc) is 3.12. The Hall–Kier alpha value is -3.48. The van der Waals surface area contributed by atoms with Crippen LogP contribution < -0.4 is 5.56 Å². The number of benzene rings is 2. The fourth-order valence-electron chi connectivity index (χ4n) is 3.01. The monoisotopic (exact) mass is 348 g/mol. The molecule has 0 saturated carbocycles. The Morgan fingerprint density at radius 2 is 1.73 bits per heavy atom. The van der Waals surface area contributed by atoms with Gasteiger partial charge in [0, 0.05) is 0 Å². The minimum Gasteiger partial charge on any atom is -0.461 e.